The van der Waals surface area contributed by atoms with Gasteiger partial charge in [-0.1, -0.05) is 13.8 Å². The summed E-state index contributed by atoms with van der Waals surface area (Å²) in [6.07, 6.45) is 0. The van der Waals surface area contributed by atoms with Crippen molar-refractivity contribution in [3.05, 3.63) is 0 Å². The van der Waals surface area contributed by atoms with Crippen molar-refractivity contribution < 1.29 is 4.74 Å². The molecule has 0 amide bonds. The van der Waals surface area contributed by atoms with Crippen LogP contribution in [0.15, 0.2) is 0 Å². The first-order valence-electron chi connectivity index (χ1n) is 6.76. The van der Waals surface area contributed by atoms with Crippen LogP contribution >= 0.6 is 0 Å². The van der Waals surface area contributed by atoms with E-state index in [2.05, 4.69) is 29.0 Å². The molecule has 0 spiro atoms. The van der Waals surface area contributed by atoms with Gasteiger partial charge in [-0.05, 0) is 13.0 Å². The Balaban J connectivity index is 2.22. The molecular formula is C13H29N3O. The van der Waals surface area contributed by atoms with Gasteiger partial charge in [-0.15, -0.1) is 0 Å². The van der Waals surface area contributed by atoms with E-state index in [0.29, 0.717) is 6.04 Å². The average Bonchev–Trinajstić information content (AvgIpc) is 2.30. The molecule has 4 heteroatoms. The maximum absolute atomic E-state index is 5.21. The third-order valence-corrected chi connectivity index (χ3v) is 3.34. The van der Waals surface area contributed by atoms with Crippen LogP contribution in [-0.2, 0) is 4.74 Å². The molecule has 102 valence electrons. The molecule has 1 aliphatic rings. The molecule has 1 atom stereocenters. The molecule has 1 N–H and O–H groups in total. The molecule has 1 heterocycles. The van der Waals surface area contributed by atoms with Crippen molar-refractivity contribution in [2.75, 3.05) is 60.0 Å². The fraction of sp³-hybridized carbons (Fsp3) is 1.00. The SMILES string of the molecule is CNC(COC)CN1CCN(CC(C)C)CC1. The monoisotopic (exact) mass is 243 g/mol. The Kier molecular flexibility index (Phi) is 7.04. The lowest BCUT2D eigenvalue weighted by atomic mass is 10.2. The highest BCUT2D eigenvalue weighted by atomic mass is 16.5. The van der Waals surface area contributed by atoms with Gasteiger partial charge < -0.3 is 15.0 Å². The summed E-state index contributed by atoms with van der Waals surface area (Å²) in [5, 5.41) is 3.31. The van der Waals surface area contributed by atoms with Crippen LogP contribution in [0, 0.1) is 5.92 Å². The summed E-state index contributed by atoms with van der Waals surface area (Å²) in [5.41, 5.74) is 0. The van der Waals surface area contributed by atoms with E-state index in [0.717, 1.165) is 19.1 Å². The molecule has 1 aliphatic heterocycles. The van der Waals surface area contributed by atoms with Gasteiger partial charge in [0, 0.05) is 52.4 Å². The third kappa shape index (κ3) is 5.82. The highest BCUT2D eigenvalue weighted by molar-refractivity contribution is 4.77. The maximum atomic E-state index is 5.21. The first kappa shape index (κ1) is 14.9. The van der Waals surface area contributed by atoms with Crippen molar-refractivity contribution in [2.24, 2.45) is 5.92 Å². The fourth-order valence-electron chi connectivity index (χ4n) is 2.41. The third-order valence-electron chi connectivity index (χ3n) is 3.34. The topological polar surface area (TPSA) is 27.7 Å². The Morgan fingerprint density at radius 3 is 2.00 bits per heavy atom. The largest absolute Gasteiger partial charge is 0.383 e. The van der Waals surface area contributed by atoms with E-state index in [4.69, 9.17) is 4.74 Å². The van der Waals surface area contributed by atoms with E-state index in [1.165, 1.54) is 32.7 Å². The number of hydrogen-bond acceptors (Lipinski definition) is 4. The van der Waals surface area contributed by atoms with Gasteiger partial charge in [0.05, 0.1) is 6.61 Å². The highest BCUT2D eigenvalue weighted by Crippen LogP contribution is 2.05. The molecule has 0 radical (unpaired) electrons. The first-order chi connectivity index (χ1) is 8.15. The van der Waals surface area contributed by atoms with E-state index < -0.39 is 0 Å². The molecule has 0 aliphatic carbocycles. The van der Waals surface area contributed by atoms with Gasteiger partial charge in [0.15, 0.2) is 0 Å². The van der Waals surface area contributed by atoms with Gasteiger partial charge in [-0.3, -0.25) is 4.90 Å². The van der Waals surface area contributed by atoms with Gasteiger partial charge >= 0.3 is 0 Å². The lowest BCUT2D eigenvalue weighted by molar-refractivity contribution is 0.0946. The summed E-state index contributed by atoms with van der Waals surface area (Å²) in [6.45, 7) is 12.5. The number of nitrogens with zero attached hydrogens (tertiary/aromatic N) is 2. The zero-order valence-corrected chi connectivity index (χ0v) is 11.9. The number of piperazine rings is 1. The van der Waals surface area contributed by atoms with Crippen molar-refractivity contribution in [2.45, 2.75) is 19.9 Å². The summed E-state index contributed by atoms with van der Waals surface area (Å²) in [6, 6.07) is 0.455. The van der Waals surface area contributed by atoms with Crippen LogP contribution < -0.4 is 5.32 Å². The molecule has 0 aromatic rings. The van der Waals surface area contributed by atoms with Gasteiger partial charge in [-0.2, -0.15) is 0 Å². The number of methoxy groups -OCH3 is 1. The number of likely N-dealkylation sites (N-methyl/N-ethyl adjacent to an activating group) is 1. The minimum absolute atomic E-state index is 0.455. The minimum Gasteiger partial charge on any atom is -0.383 e. The second-order valence-electron chi connectivity index (χ2n) is 5.44. The molecule has 0 aromatic heterocycles. The predicted octanol–water partition coefficient (Wildman–Crippen LogP) is 0.494. The standard InChI is InChI=1S/C13H29N3O/c1-12(2)9-15-5-7-16(8-6-15)10-13(14-3)11-17-4/h12-14H,5-11H2,1-4H3. The summed E-state index contributed by atoms with van der Waals surface area (Å²) in [5.74, 6) is 0.778. The summed E-state index contributed by atoms with van der Waals surface area (Å²) in [7, 11) is 3.78. The van der Waals surface area contributed by atoms with E-state index in [-0.39, 0.29) is 0 Å². The lowest BCUT2D eigenvalue weighted by Gasteiger charge is -2.37. The van der Waals surface area contributed by atoms with Crippen molar-refractivity contribution in [1.29, 1.82) is 0 Å². The van der Waals surface area contributed by atoms with Gasteiger partial charge in [0.2, 0.25) is 0 Å². The van der Waals surface area contributed by atoms with Crippen LogP contribution in [0.5, 0.6) is 0 Å². The quantitative estimate of drug-likeness (QED) is 0.704. The van der Waals surface area contributed by atoms with E-state index >= 15 is 0 Å². The Labute approximate surface area is 106 Å². The normalized spacial score (nSPS) is 21.0. The van der Waals surface area contributed by atoms with Crippen molar-refractivity contribution >= 4 is 0 Å². The van der Waals surface area contributed by atoms with Crippen molar-refractivity contribution in [3.8, 4) is 0 Å². The second-order valence-corrected chi connectivity index (χ2v) is 5.44. The summed E-state index contributed by atoms with van der Waals surface area (Å²) >= 11 is 0. The van der Waals surface area contributed by atoms with Gasteiger partial charge in [0.25, 0.3) is 0 Å². The smallest absolute Gasteiger partial charge is 0.0628 e. The first-order valence-corrected chi connectivity index (χ1v) is 6.76. The Morgan fingerprint density at radius 1 is 1.06 bits per heavy atom. The molecule has 1 rings (SSSR count). The molecule has 4 nitrogen and oxygen atoms in total. The predicted molar refractivity (Wildman–Crippen MR) is 72.4 cm³/mol. The molecule has 1 unspecified atom stereocenters. The average molecular weight is 243 g/mol. The Morgan fingerprint density at radius 2 is 1.59 bits per heavy atom. The van der Waals surface area contributed by atoms with E-state index in [1.807, 2.05) is 7.05 Å². The van der Waals surface area contributed by atoms with Crippen LogP contribution in [0.2, 0.25) is 0 Å². The number of nitrogens with one attached hydrogen (secondary N) is 1. The number of hydrogen-bond donors (Lipinski definition) is 1. The van der Waals surface area contributed by atoms with Crippen molar-refractivity contribution in [3.63, 3.8) is 0 Å². The molecular weight excluding hydrogens is 214 g/mol. The molecule has 17 heavy (non-hydrogen) atoms. The van der Waals surface area contributed by atoms with Crippen LogP contribution in [0.4, 0.5) is 0 Å². The Bertz CT molecular complexity index is 191. The lowest BCUT2D eigenvalue weighted by Crippen LogP contribution is -2.51. The highest BCUT2D eigenvalue weighted by Gasteiger charge is 2.19. The molecule has 1 saturated heterocycles. The van der Waals surface area contributed by atoms with E-state index in [9.17, 15) is 0 Å². The zero-order valence-electron chi connectivity index (χ0n) is 11.9. The minimum atomic E-state index is 0.455. The van der Waals surface area contributed by atoms with Gasteiger partial charge in [-0.25, -0.2) is 0 Å². The van der Waals surface area contributed by atoms with Crippen LogP contribution in [0.1, 0.15) is 13.8 Å². The summed E-state index contributed by atoms with van der Waals surface area (Å²) < 4.78 is 5.21. The zero-order chi connectivity index (χ0) is 12.7. The van der Waals surface area contributed by atoms with E-state index in [1.54, 1.807) is 7.11 Å². The molecule has 0 saturated carbocycles. The van der Waals surface area contributed by atoms with Crippen LogP contribution in [0.25, 0.3) is 0 Å². The van der Waals surface area contributed by atoms with Crippen LogP contribution in [0.3, 0.4) is 0 Å². The van der Waals surface area contributed by atoms with Gasteiger partial charge in [0.1, 0.15) is 0 Å². The maximum Gasteiger partial charge on any atom is 0.0628 e. The fourth-order valence-corrected chi connectivity index (χ4v) is 2.41. The number of ether oxygens (including phenoxy) is 1. The van der Waals surface area contributed by atoms with Crippen molar-refractivity contribution in [1.82, 2.24) is 15.1 Å². The van der Waals surface area contributed by atoms with Crippen LogP contribution in [-0.4, -0.2) is 75.9 Å². The molecule has 0 bridgehead atoms. The Hall–Kier alpha value is -0.160. The second kappa shape index (κ2) is 8.03. The summed E-state index contributed by atoms with van der Waals surface area (Å²) in [4.78, 5) is 5.11. The molecule has 0 aromatic carbocycles. The molecule has 1 fully saturated rings. The number of rotatable bonds is 7.